The highest BCUT2D eigenvalue weighted by atomic mass is 16.5. The van der Waals surface area contributed by atoms with Gasteiger partial charge in [0.1, 0.15) is 5.75 Å². The molecule has 0 aromatic heterocycles. The van der Waals surface area contributed by atoms with Gasteiger partial charge in [-0.15, -0.1) is 0 Å². The first-order valence-corrected chi connectivity index (χ1v) is 10.0. The second kappa shape index (κ2) is 9.73. The number of carbonyl (C=O) groups excluding carboxylic acids is 1. The summed E-state index contributed by atoms with van der Waals surface area (Å²) in [5.74, 6) is 0.257. The second-order valence-electron chi connectivity index (χ2n) is 8.17. The van der Waals surface area contributed by atoms with Gasteiger partial charge < -0.3 is 4.74 Å². The fraction of sp³-hybridized carbons (Fsp3) is 0.192. The minimum atomic E-state index is -0.335. The normalized spacial score (nSPS) is 11.2. The van der Waals surface area contributed by atoms with Crippen molar-refractivity contribution in [2.75, 3.05) is 6.61 Å². The third-order valence-electron chi connectivity index (χ3n) is 4.75. The summed E-state index contributed by atoms with van der Waals surface area (Å²) in [6.45, 7) is 6.36. The van der Waals surface area contributed by atoms with Crippen LogP contribution in [-0.4, -0.2) is 18.7 Å². The first-order valence-electron chi connectivity index (χ1n) is 10.0. The number of hydrogen-bond acceptors (Lipinski definition) is 4. The standard InChI is InChI=1S/C26H25N3O2/c1-26(2,3)23-12-6-20(7-13-23)17-28-29-25(30)18-31-24-14-10-22(11-15-24)21-8-4-19(16-27)5-9-21/h4-15,17H,18H2,1-3H3,(H,29,30). The third-order valence-corrected chi connectivity index (χ3v) is 4.75. The fourth-order valence-electron chi connectivity index (χ4n) is 2.91. The molecule has 0 spiro atoms. The number of carbonyl (C=O) groups is 1. The lowest BCUT2D eigenvalue weighted by atomic mass is 9.87. The number of amides is 1. The molecule has 0 aliphatic heterocycles. The van der Waals surface area contributed by atoms with Crippen LogP contribution in [0.2, 0.25) is 0 Å². The van der Waals surface area contributed by atoms with E-state index < -0.39 is 0 Å². The number of ether oxygens (including phenoxy) is 1. The van der Waals surface area contributed by atoms with Crippen molar-refractivity contribution in [2.24, 2.45) is 5.10 Å². The lowest BCUT2D eigenvalue weighted by Gasteiger charge is -2.18. The maximum absolute atomic E-state index is 12.0. The Hall–Kier alpha value is -3.91. The van der Waals surface area contributed by atoms with Crippen molar-refractivity contribution in [2.45, 2.75) is 26.2 Å². The van der Waals surface area contributed by atoms with Crippen LogP contribution in [-0.2, 0) is 10.2 Å². The number of nitrogens with zero attached hydrogens (tertiary/aromatic N) is 2. The van der Waals surface area contributed by atoms with Gasteiger partial charge in [-0.25, -0.2) is 5.43 Å². The Kier molecular flexibility index (Phi) is 6.84. The second-order valence-corrected chi connectivity index (χ2v) is 8.17. The summed E-state index contributed by atoms with van der Waals surface area (Å²) in [6, 6.07) is 25.0. The van der Waals surface area contributed by atoms with Crippen molar-refractivity contribution in [3.63, 3.8) is 0 Å². The van der Waals surface area contributed by atoms with Crippen molar-refractivity contribution in [1.82, 2.24) is 5.43 Å². The molecule has 3 rings (SSSR count). The SMILES string of the molecule is CC(C)(C)c1ccc(C=NNC(=O)COc2ccc(-c3ccc(C#N)cc3)cc2)cc1. The summed E-state index contributed by atoms with van der Waals surface area (Å²) in [5, 5.41) is 12.9. The molecule has 5 nitrogen and oxygen atoms in total. The van der Waals surface area contributed by atoms with Crippen LogP contribution in [0.4, 0.5) is 0 Å². The van der Waals surface area contributed by atoms with Gasteiger partial charge in [-0.3, -0.25) is 4.79 Å². The Balaban J connectivity index is 1.48. The van der Waals surface area contributed by atoms with Crippen LogP contribution in [0.25, 0.3) is 11.1 Å². The van der Waals surface area contributed by atoms with Gasteiger partial charge in [-0.05, 0) is 51.9 Å². The van der Waals surface area contributed by atoms with Gasteiger partial charge in [-0.1, -0.05) is 69.3 Å². The molecule has 1 amide bonds. The van der Waals surface area contributed by atoms with E-state index in [-0.39, 0.29) is 17.9 Å². The smallest absolute Gasteiger partial charge is 0.277 e. The van der Waals surface area contributed by atoms with Crippen LogP contribution in [0.3, 0.4) is 0 Å². The molecule has 156 valence electrons. The summed E-state index contributed by atoms with van der Waals surface area (Å²) in [4.78, 5) is 12.0. The molecule has 0 radical (unpaired) electrons. The molecule has 31 heavy (non-hydrogen) atoms. The molecule has 0 aliphatic carbocycles. The average Bonchev–Trinajstić information content (AvgIpc) is 2.78. The van der Waals surface area contributed by atoms with Gasteiger partial charge in [0, 0.05) is 0 Å². The van der Waals surface area contributed by atoms with Crippen molar-refractivity contribution >= 4 is 12.1 Å². The largest absolute Gasteiger partial charge is 0.484 e. The molecule has 3 aromatic carbocycles. The van der Waals surface area contributed by atoms with Gasteiger partial charge >= 0.3 is 0 Å². The van der Waals surface area contributed by atoms with Gasteiger partial charge in [0.05, 0.1) is 17.8 Å². The van der Waals surface area contributed by atoms with Crippen LogP contribution in [0, 0.1) is 11.3 Å². The molecule has 0 unspecified atom stereocenters. The molecular formula is C26H25N3O2. The molecule has 0 saturated carbocycles. The van der Waals surface area contributed by atoms with Crippen molar-refractivity contribution < 1.29 is 9.53 Å². The predicted octanol–water partition coefficient (Wildman–Crippen LogP) is 5.05. The molecule has 0 aliphatic rings. The molecule has 5 heteroatoms. The number of hydrogen-bond donors (Lipinski definition) is 1. The zero-order valence-corrected chi connectivity index (χ0v) is 17.9. The van der Waals surface area contributed by atoms with Gasteiger partial charge in [0.2, 0.25) is 0 Å². The Bertz CT molecular complexity index is 1090. The topological polar surface area (TPSA) is 74.5 Å². The number of hydrazone groups is 1. The molecule has 1 N–H and O–H groups in total. The molecule has 0 heterocycles. The maximum atomic E-state index is 12.0. The number of benzene rings is 3. The lowest BCUT2D eigenvalue weighted by Crippen LogP contribution is -2.24. The Morgan fingerprint density at radius 3 is 2.10 bits per heavy atom. The molecule has 0 atom stereocenters. The summed E-state index contributed by atoms with van der Waals surface area (Å²) in [6.07, 6.45) is 1.61. The highest BCUT2D eigenvalue weighted by Crippen LogP contribution is 2.23. The van der Waals surface area contributed by atoms with Crippen LogP contribution in [0.1, 0.15) is 37.5 Å². The van der Waals surface area contributed by atoms with Gasteiger partial charge in [0.15, 0.2) is 6.61 Å². The highest BCUT2D eigenvalue weighted by molar-refractivity contribution is 5.83. The van der Waals surface area contributed by atoms with E-state index in [1.54, 1.807) is 30.5 Å². The van der Waals surface area contributed by atoms with E-state index in [0.29, 0.717) is 11.3 Å². The van der Waals surface area contributed by atoms with E-state index in [0.717, 1.165) is 16.7 Å². The fourth-order valence-corrected chi connectivity index (χ4v) is 2.91. The Morgan fingerprint density at radius 1 is 0.968 bits per heavy atom. The van der Waals surface area contributed by atoms with Crippen molar-refractivity contribution in [3.05, 3.63) is 89.5 Å². The summed E-state index contributed by atoms with van der Waals surface area (Å²) in [5.41, 5.74) is 7.36. The Labute approximate surface area is 183 Å². The predicted molar refractivity (Wildman–Crippen MR) is 123 cm³/mol. The zero-order chi connectivity index (χ0) is 22.3. The minimum Gasteiger partial charge on any atom is -0.484 e. The van der Waals surface area contributed by atoms with E-state index in [1.165, 1.54) is 5.56 Å². The Morgan fingerprint density at radius 2 is 1.55 bits per heavy atom. The molecule has 0 bridgehead atoms. The van der Waals surface area contributed by atoms with Crippen LogP contribution in [0.15, 0.2) is 77.9 Å². The van der Waals surface area contributed by atoms with E-state index in [9.17, 15) is 4.79 Å². The minimum absolute atomic E-state index is 0.0987. The molecule has 0 fully saturated rings. The monoisotopic (exact) mass is 411 g/mol. The summed E-state index contributed by atoms with van der Waals surface area (Å²) >= 11 is 0. The average molecular weight is 412 g/mol. The van der Waals surface area contributed by atoms with E-state index in [4.69, 9.17) is 10.00 Å². The van der Waals surface area contributed by atoms with E-state index in [1.807, 2.05) is 36.4 Å². The number of nitrogens with one attached hydrogen (secondary N) is 1. The third kappa shape index (κ3) is 6.28. The summed E-state index contributed by atoms with van der Waals surface area (Å²) < 4.78 is 5.52. The molecule has 3 aromatic rings. The number of nitriles is 1. The van der Waals surface area contributed by atoms with Crippen LogP contribution in [0.5, 0.6) is 5.75 Å². The van der Waals surface area contributed by atoms with E-state index in [2.05, 4.69) is 49.5 Å². The molecular weight excluding hydrogens is 386 g/mol. The van der Waals surface area contributed by atoms with Crippen molar-refractivity contribution in [3.8, 4) is 22.9 Å². The van der Waals surface area contributed by atoms with Crippen LogP contribution >= 0.6 is 0 Å². The first kappa shape index (κ1) is 21.8. The summed E-state index contributed by atoms with van der Waals surface area (Å²) in [7, 11) is 0. The van der Waals surface area contributed by atoms with Gasteiger partial charge in [-0.2, -0.15) is 10.4 Å². The quantitative estimate of drug-likeness (QED) is 0.455. The van der Waals surface area contributed by atoms with Crippen LogP contribution < -0.4 is 10.2 Å². The first-order chi connectivity index (χ1) is 14.8. The van der Waals surface area contributed by atoms with Crippen molar-refractivity contribution in [1.29, 1.82) is 5.26 Å². The highest BCUT2D eigenvalue weighted by Gasteiger charge is 2.12. The zero-order valence-electron chi connectivity index (χ0n) is 17.9. The van der Waals surface area contributed by atoms with Gasteiger partial charge in [0.25, 0.3) is 5.91 Å². The maximum Gasteiger partial charge on any atom is 0.277 e. The van der Waals surface area contributed by atoms with E-state index >= 15 is 0 Å². The lowest BCUT2D eigenvalue weighted by molar-refractivity contribution is -0.123. The molecule has 0 saturated heterocycles. The number of rotatable bonds is 6.